The van der Waals surface area contributed by atoms with Crippen LogP contribution in [0.5, 0.6) is 0 Å². The molecular weight excluding hydrogens is 400 g/mol. The smallest absolute Gasteiger partial charge is 0.320 e. The molecule has 0 aliphatic carbocycles. The van der Waals surface area contributed by atoms with Crippen LogP contribution in [0.15, 0.2) is 72.9 Å². The highest BCUT2D eigenvalue weighted by molar-refractivity contribution is 5.89. The van der Waals surface area contributed by atoms with Crippen LogP contribution in [0.4, 0.5) is 10.6 Å². The van der Waals surface area contributed by atoms with Crippen molar-refractivity contribution in [2.75, 3.05) is 11.9 Å². The molecule has 7 nitrogen and oxygen atoms in total. The van der Waals surface area contributed by atoms with E-state index in [0.29, 0.717) is 35.8 Å². The number of fused-ring (bicyclic) bond motifs is 1. The molecule has 0 spiro atoms. The fourth-order valence-corrected chi connectivity index (χ4v) is 3.43. The number of unbranched alkanes of at least 4 members (excludes halogenated alkanes) is 1. The molecule has 2 aromatic carbocycles. The largest absolute Gasteiger partial charge is 0.338 e. The Morgan fingerprint density at radius 3 is 2.59 bits per heavy atom. The number of nitrogens with one attached hydrogen (secondary N) is 2. The van der Waals surface area contributed by atoms with E-state index in [9.17, 15) is 4.79 Å². The summed E-state index contributed by atoms with van der Waals surface area (Å²) in [5.74, 6) is 0.432. The minimum atomic E-state index is -0.281. The molecule has 4 rings (SSSR count). The van der Waals surface area contributed by atoms with Crippen molar-refractivity contribution in [3.63, 3.8) is 0 Å². The maximum Gasteiger partial charge on any atom is 0.320 e. The van der Waals surface area contributed by atoms with Crippen molar-refractivity contribution >= 4 is 23.0 Å². The number of nitrogens with two attached hydrogens (primary N) is 1. The minimum Gasteiger partial charge on any atom is -0.338 e. The van der Waals surface area contributed by atoms with E-state index in [1.54, 1.807) is 18.3 Å². The molecule has 2 aromatic heterocycles. The number of anilines is 1. The van der Waals surface area contributed by atoms with Gasteiger partial charge in [0, 0.05) is 18.7 Å². The van der Waals surface area contributed by atoms with E-state index >= 15 is 0 Å². The Labute approximate surface area is 187 Å². The summed E-state index contributed by atoms with van der Waals surface area (Å²) in [7, 11) is 0. The molecule has 0 aliphatic rings. The van der Waals surface area contributed by atoms with Crippen molar-refractivity contribution in [3.05, 3.63) is 84.1 Å². The lowest BCUT2D eigenvalue weighted by Crippen LogP contribution is -2.29. The second-order valence-electron chi connectivity index (χ2n) is 7.52. The molecule has 0 unspecified atom stereocenters. The summed E-state index contributed by atoms with van der Waals surface area (Å²) in [6, 6.07) is 21.4. The van der Waals surface area contributed by atoms with Gasteiger partial charge in [-0.15, -0.1) is 0 Å². The van der Waals surface area contributed by atoms with E-state index in [-0.39, 0.29) is 6.03 Å². The van der Waals surface area contributed by atoms with Gasteiger partial charge in [-0.05, 0) is 48.6 Å². The summed E-state index contributed by atoms with van der Waals surface area (Å²) in [4.78, 5) is 25.8. The molecule has 7 heteroatoms. The van der Waals surface area contributed by atoms with Gasteiger partial charge in [0.1, 0.15) is 11.3 Å². The summed E-state index contributed by atoms with van der Waals surface area (Å²) < 4.78 is 0. The van der Waals surface area contributed by atoms with Gasteiger partial charge < -0.3 is 11.1 Å². The maximum atomic E-state index is 12.2. The Morgan fingerprint density at radius 1 is 0.906 bits per heavy atom. The number of nitrogens with zero attached hydrogens (tertiary/aromatic N) is 3. The molecular formula is C25H26N6O. The predicted octanol–water partition coefficient (Wildman–Crippen LogP) is 4.29. The summed E-state index contributed by atoms with van der Waals surface area (Å²) in [5.41, 5.74) is 10.8. The van der Waals surface area contributed by atoms with E-state index in [2.05, 4.69) is 37.7 Å². The lowest BCUT2D eigenvalue weighted by atomic mass is 10.1. The van der Waals surface area contributed by atoms with Gasteiger partial charge in [0.05, 0.1) is 11.9 Å². The zero-order chi connectivity index (χ0) is 22.2. The van der Waals surface area contributed by atoms with Crippen LogP contribution in [0.2, 0.25) is 0 Å². The Bertz CT molecular complexity index is 1200. The van der Waals surface area contributed by atoms with Crippen LogP contribution in [0.3, 0.4) is 0 Å². The maximum absolute atomic E-state index is 12.2. The number of urea groups is 1. The first-order chi connectivity index (χ1) is 15.7. The highest BCUT2D eigenvalue weighted by atomic mass is 16.2. The fraction of sp³-hybridized carbons (Fsp3) is 0.200. The molecule has 2 amide bonds. The molecule has 2 heterocycles. The number of hydrogen-bond acceptors (Lipinski definition) is 5. The predicted molar refractivity (Wildman–Crippen MR) is 127 cm³/mol. The second kappa shape index (κ2) is 10.5. The molecule has 162 valence electrons. The molecule has 0 saturated heterocycles. The quantitative estimate of drug-likeness (QED) is 0.364. The highest BCUT2D eigenvalue weighted by Gasteiger charge is 2.08. The van der Waals surface area contributed by atoms with Gasteiger partial charge in [-0.2, -0.15) is 0 Å². The van der Waals surface area contributed by atoms with E-state index < -0.39 is 0 Å². The molecule has 0 atom stereocenters. The second-order valence-corrected chi connectivity index (χ2v) is 7.52. The SMILES string of the molecule is NCc1cccc(-c2cnc3ccc(NC(=O)NCCCCc4ccccc4)nc3n2)c1. The zero-order valence-electron chi connectivity index (χ0n) is 17.8. The Morgan fingerprint density at radius 2 is 1.75 bits per heavy atom. The number of benzene rings is 2. The number of pyridine rings is 1. The van der Waals surface area contributed by atoms with Crippen LogP contribution in [-0.4, -0.2) is 27.5 Å². The van der Waals surface area contributed by atoms with Crippen molar-refractivity contribution in [1.82, 2.24) is 20.3 Å². The molecule has 0 saturated carbocycles. The first-order valence-electron chi connectivity index (χ1n) is 10.7. The average molecular weight is 427 g/mol. The van der Waals surface area contributed by atoms with Gasteiger partial charge in [0.15, 0.2) is 5.65 Å². The van der Waals surface area contributed by atoms with Crippen LogP contribution in [0.25, 0.3) is 22.4 Å². The summed E-state index contributed by atoms with van der Waals surface area (Å²) >= 11 is 0. The van der Waals surface area contributed by atoms with Gasteiger partial charge in [-0.3, -0.25) is 10.3 Å². The molecule has 0 fully saturated rings. The summed E-state index contributed by atoms with van der Waals surface area (Å²) in [6.07, 6.45) is 4.65. The van der Waals surface area contributed by atoms with E-state index in [0.717, 1.165) is 30.4 Å². The summed E-state index contributed by atoms with van der Waals surface area (Å²) in [5, 5.41) is 5.65. The van der Waals surface area contributed by atoms with Gasteiger partial charge >= 0.3 is 6.03 Å². The molecule has 0 bridgehead atoms. The first kappa shape index (κ1) is 21.4. The molecule has 0 radical (unpaired) electrons. The number of hydrogen-bond donors (Lipinski definition) is 3. The monoisotopic (exact) mass is 426 g/mol. The third kappa shape index (κ3) is 5.65. The number of amides is 2. The Kier molecular flexibility index (Phi) is 6.99. The molecule has 0 aliphatic heterocycles. The minimum absolute atomic E-state index is 0.281. The lowest BCUT2D eigenvalue weighted by Gasteiger charge is -2.08. The van der Waals surface area contributed by atoms with Crippen LogP contribution in [-0.2, 0) is 13.0 Å². The lowest BCUT2D eigenvalue weighted by molar-refractivity contribution is 0.252. The number of rotatable bonds is 8. The van der Waals surface area contributed by atoms with Crippen molar-refractivity contribution in [3.8, 4) is 11.3 Å². The van der Waals surface area contributed by atoms with Crippen molar-refractivity contribution in [2.45, 2.75) is 25.8 Å². The molecule has 4 aromatic rings. The average Bonchev–Trinajstić information content (AvgIpc) is 2.84. The van der Waals surface area contributed by atoms with Crippen molar-refractivity contribution in [2.24, 2.45) is 5.73 Å². The van der Waals surface area contributed by atoms with E-state index in [4.69, 9.17) is 5.73 Å². The number of carbonyl (C=O) groups excluding carboxylic acids is 1. The molecule has 4 N–H and O–H groups in total. The first-order valence-corrected chi connectivity index (χ1v) is 10.7. The van der Waals surface area contributed by atoms with Crippen LogP contribution in [0.1, 0.15) is 24.0 Å². The number of aryl methyl sites for hydroxylation is 1. The van der Waals surface area contributed by atoms with Gasteiger partial charge in [-0.25, -0.2) is 14.8 Å². The fourth-order valence-electron chi connectivity index (χ4n) is 3.43. The van der Waals surface area contributed by atoms with Gasteiger partial charge in [0.2, 0.25) is 0 Å². The van der Waals surface area contributed by atoms with Crippen molar-refractivity contribution in [1.29, 1.82) is 0 Å². The van der Waals surface area contributed by atoms with Crippen LogP contribution >= 0.6 is 0 Å². The van der Waals surface area contributed by atoms with Crippen LogP contribution in [0, 0.1) is 0 Å². The topological polar surface area (TPSA) is 106 Å². The van der Waals surface area contributed by atoms with Crippen molar-refractivity contribution < 1.29 is 4.79 Å². The Balaban J connectivity index is 1.33. The Hall–Kier alpha value is -3.84. The normalized spacial score (nSPS) is 10.8. The number of carbonyl (C=O) groups is 1. The van der Waals surface area contributed by atoms with Gasteiger partial charge in [-0.1, -0.05) is 48.5 Å². The third-order valence-corrected chi connectivity index (χ3v) is 5.13. The van der Waals surface area contributed by atoms with Gasteiger partial charge in [0.25, 0.3) is 0 Å². The van der Waals surface area contributed by atoms with E-state index in [1.807, 2.05) is 42.5 Å². The summed E-state index contributed by atoms with van der Waals surface area (Å²) in [6.45, 7) is 1.07. The highest BCUT2D eigenvalue weighted by Crippen LogP contribution is 2.20. The van der Waals surface area contributed by atoms with Crippen LogP contribution < -0.4 is 16.4 Å². The zero-order valence-corrected chi connectivity index (χ0v) is 17.8. The molecule has 32 heavy (non-hydrogen) atoms. The number of aromatic nitrogens is 3. The standard InChI is InChI=1S/C25H26N6O/c26-16-19-10-6-11-20(15-19)22-17-28-21-12-13-23(30-24(21)29-22)31-25(32)27-14-5-4-9-18-7-2-1-3-8-18/h1-3,6-8,10-13,15,17H,4-5,9,14,16,26H2,(H2,27,29,30,31,32). The van der Waals surface area contributed by atoms with E-state index in [1.165, 1.54) is 5.56 Å². The third-order valence-electron chi connectivity index (χ3n) is 5.13.